The first kappa shape index (κ1) is 8.30. The molecule has 0 radical (unpaired) electrons. The molecule has 0 saturated heterocycles. The lowest BCUT2D eigenvalue weighted by molar-refractivity contribution is 0.578. The molecule has 0 aromatic carbocycles. The maximum atomic E-state index is 5.52. The summed E-state index contributed by atoms with van der Waals surface area (Å²) in [5.41, 5.74) is 2.06. The minimum absolute atomic E-state index is 0.445. The number of hydrogen-bond acceptors (Lipinski definition) is 2. The molecular weight excluding hydrogens is 162 g/mol. The van der Waals surface area contributed by atoms with Crippen molar-refractivity contribution in [2.24, 2.45) is 0 Å². The molecule has 0 saturated carbocycles. The average Bonchev–Trinajstić information content (AvgIpc) is 2.43. The topological polar surface area (TPSA) is 26.0 Å². The maximum absolute atomic E-state index is 5.52. The normalized spacial score (nSPS) is 11.4. The number of aromatic nitrogens is 1. The highest BCUT2D eigenvalue weighted by atomic mass is 16.3. The van der Waals surface area contributed by atoms with E-state index in [1.54, 1.807) is 6.20 Å². The van der Waals surface area contributed by atoms with Crippen LogP contribution in [0.2, 0.25) is 0 Å². The number of pyridine rings is 1. The molecule has 0 aliphatic carbocycles. The van der Waals surface area contributed by atoms with Crippen molar-refractivity contribution in [1.82, 2.24) is 4.98 Å². The van der Waals surface area contributed by atoms with E-state index in [1.165, 1.54) is 0 Å². The molecular formula is C11H13NO. The minimum atomic E-state index is 0.445. The highest BCUT2D eigenvalue weighted by molar-refractivity contribution is 5.80. The smallest absolute Gasteiger partial charge is 0.137 e. The zero-order valence-electron chi connectivity index (χ0n) is 8.16. The zero-order chi connectivity index (χ0) is 9.42. The molecule has 0 N–H and O–H groups in total. The van der Waals surface area contributed by atoms with Crippen LogP contribution in [0.4, 0.5) is 0 Å². The average molecular weight is 175 g/mol. The van der Waals surface area contributed by atoms with Crippen LogP contribution in [0.15, 0.2) is 22.7 Å². The number of fused-ring (bicyclic) bond motifs is 1. The van der Waals surface area contributed by atoms with Crippen molar-refractivity contribution in [3.8, 4) is 0 Å². The van der Waals surface area contributed by atoms with Crippen LogP contribution < -0.4 is 0 Å². The first-order valence-corrected chi connectivity index (χ1v) is 4.53. The fourth-order valence-electron chi connectivity index (χ4n) is 1.57. The van der Waals surface area contributed by atoms with Crippen molar-refractivity contribution in [1.29, 1.82) is 0 Å². The molecule has 2 aromatic rings. The molecule has 0 bridgehead atoms. The van der Waals surface area contributed by atoms with E-state index in [9.17, 15) is 0 Å². The van der Waals surface area contributed by atoms with E-state index in [4.69, 9.17) is 4.42 Å². The highest BCUT2D eigenvalue weighted by Gasteiger charge is 2.09. The maximum Gasteiger partial charge on any atom is 0.137 e. The quantitative estimate of drug-likeness (QED) is 0.664. The van der Waals surface area contributed by atoms with Crippen LogP contribution in [0, 0.1) is 6.92 Å². The van der Waals surface area contributed by atoms with Crippen molar-refractivity contribution in [2.45, 2.75) is 26.7 Å². The van der Waals surface area contributed by atoms with E-state index >= 15 is 0 Å². The van der Waals surface area contributed by atoms with Gasteiger partial charge in [0.25, 0.3) is 0 Å². The van der Waals surface area contributed by atoms with E-state index in [1.807, 2.05) is 13.0 Å². The van der Waals surface area contributed by atoms with Gasteiger partial charge >= 0.3 is 0 Å². The van der Waals surface area contributed by atoms with Gasteiger partial charge in [-0.1, -0.05) is 13.8 Å². The molecule has 68 valence electrons. The van der Waals surface area contributed by atoms with E-state index in [-0.39, 0.29) is 0 Å². The van der Waals surface area contributed by atoms with Gasteiger partial charge in [0.1, 0.15) is 11.3 Å². The second kappa shape index (κ2) is 2.87. The highest BCUT2D eigenvalue weighted by Crippen LogP contribution is 2.25. The van der Waals surface area contributed by atoms with Gasteiger partial charge < -0.3 is 4.42 Å². The number of rotatable bonds is 1. The van der Waals surface area contributed by atoms with Gasteiger partial charge in [-0.2, -0.15) is 0 Å². The summed E-state index contributed by atoms with van der Waals surface area (Å²) in [4.78, 5) is 4.36. The summed E-state index contributed by atoms with van der Waals surface area (Å²) in [5, 5.41) is 1.15. The fraction of sp³-hybridized carbons (Fsp3) is 0.364. The lowest BCUT2D eigenvalue weighted by atomic mass is 10.1. The fourth-order valence-corrected chi connectivity index (χ4v) is 1.57. The standard InChI is InChI=1S/C11H13NO/c1-7(2)11-9-6-8(3)13-10(9)4-5-12-11/h4-7H,1-3H3. The number of aryl methyl sites for hydroxylation is 1. The monoisotopic (exact) mass is 175 g/mol. The molecule has 0 aliphatic heterocycles. The Morgan fingerprint density at radius 2 is 2.15 bits per heavy atom. The Balaban J connectivity index is 2.75. The largest absolute Gasteiger partial charge is 0.461 e. The Labute approximate surface area is 77.6 Å². The van der Waals surface area contributed by atoms with E-state index in [0.717, 1.165) is 22.4 Å². The molecule has 2 aromatic heterocycles. The molecule has 0 aliphatic rings. The van der Waals surface area contributed by atoms with E-state index < -0.39 is 0 Å². The van der Waals surface area contributed by atoms with Gasteiger partial charge in [0.05, 0.1) is 5.69 Å². The van der Waals surface area contributed by atoms with Crippen molar-refractivity contribution >= 4 is 11.0 Å². The molecule has 2 nitrogen and oxygen atoms in total. The van der Waals surface area contributed by atoms with E-state index in [2.05, 4.69) is 24.9 Å². The molecule has 13 heavy (non-hydrogen) atoms. The Bertz CT molecular complexity index is 429. The van der Waals surface area contributed by atoms with Crippen LogP contribution in [-0.4, -0.2) is 4.98 Å². The summed E-state index contributed by atoms with van der Waals surface area (Å²) in [7, 11) is 0. The third kappa shape index (κ3) is 1.32. The lowest BCUT2D eigenvalue weighted by Crippen LogP contribution is -1.91. The van der Waals surface area contributed by atoms with Crippen molar-refractivity contribution < 1.29 is 4.42 Å². The van der Waals surface area contributed by atoms with Crippen molar-refractivity contribution in [2.75, 3.05) is 0 Å². The first-order valence-electron chi connectivity index (χ1n) is 4.53. The molecule has 0 atom stereocenters. The number of hydrogen-bond donors (Lipinski definition) is 0. The Hall–Kier alpha value is -1.31. The molecule has 2 heterocycles. The van der Waals surface area contributed by atoms with Crippen LogP contribution in [0.3, 0.4) is 0 Å². The summed E-state index contributed by atoms with van der Waals surface area (Å²) in [6, 6.07) is 3.96. The minimum Gasteiger partial charge on any atom is -0.461 e. The van der Waals surface area contributed by atoms with Crippen molar-refractivity contribution in [3.63, 3.8) is 0 Å². The summed E-state index contributed by atoms with van der Waals surface area (Å²) < 4.78 is 5.52. The van der Waals surface area contributed by atoms with Crippen molar-refractivity contribution in [3.05, 3.63) is 29.8 Å². The van der Waals surface area contributed by atoms with Crippen LogP contribution in [0.1, 0.15) is 31.2 Å². The van der Waals surface area contributed by atoms with Gasteiger partial charge in [0, 0.05) is 11.6 Å². The Morgan fingerprint density at radius 1 is 1.38 bits per heavy atom. The van der Waals surface area contributed by atoms with Gasteiger partial charge in [-0.3, -0.25) is 4.98 Å². The zero-order valence-corrected chi connectivity index (χ0v) is 8.16. The summed E-state index contributed by atoms with van der Waals surface area (Å²) >= 11 is 0. The first-order chi connectivity index (χ1) is 6.18. The molecule has 0 unspecified atom stereocenters. The van der Waals surface area contributed by atoms with Crippen LogP contribution in [-0.2, 0) is 0 Å². The van der Waals surface area contributed by atoms with Gasteiger partial charge in [-0.05, 0) is 25.0 Å². The van der Waals surface area contributed by atoms with E-state index in [0.29, 0.717) is 5.92 Å². The van der Waals surface area contributed by atoms with Gasteiger partial charge in [-0.25, -0.2) is 0 Å². The van der Waals surface area contributed by atoms with Crippen LogP contribution >= 0.6 is 0 Å². The Morgan fingerprint density at radius 3 is 2.85 bits per heavy atom. The van der Waals surface area contributed by atoms with Crippen LogP contribution in [0.5, 0.6) is 0 Å². The number of nitrogens with zero attached hydrogens (tertiary/aromatic N) is 1. The molecule has 0 fully saturated rings. The van der Waals surface area contributed by atoms with Gasteiger partial charge in [0.2, 0.25) is 0 Å². The number of furan rings is 1. The summed E-state index contributed by atoms with van der Waals surface area (Å²) in [6.45, 7) is 6.25. The molecule has 2 heteroatoms. The molecule has 0 amide bonds. The third-order valence-electron chi connectivity index (χ3n) is 2.15. The van der Waals surface area contributed by atoms with Crippen LogP contribution in [0.25, 0.3) is 11.0 Å². The van der Waals surface area contributed by atoms with Gasteiger partial charge in [0.15, 0.2) is 0 Å². The SMILES string of the molecule is Cc1cc2c(C(C)C)nccc2o1. The molecule has 0 spiro atoms. The second-order valence-electron chi connectivity index (χ2n) is 3.62. The summed E-state index contributed by atoms with van der Waals surface area (Å²) in [6.07, 6.45) is 1.81. The third-order valence-corrected chi connectivity index (χ3v) is 2.15. The Kier molecular flexibility index (Phi) is 1.83. The predicted octanol–water partition coefficient (Wildman–Crippen LogP) is 3.26. The molecule has 2 rings (SSSR count). The lowest BCUT2D eigenvalue weighted by Gasteiger charge is -2.03. The summed E-state index contributed by atoms with van der Waals surface area (Å²) in [5.74, 6) is 1.39. The van der Waals surface area contributed by atoms with Gasteiger partial charge in [-0.15, -0.1) is 0 Å². The predicted molar refractivity (Wildman–Crippen MR) is 52.8 cm³/mol. The second-order valence-corrected chi connectivity index (χ2v) is 3.62.